The summed E-state index contributed by atoms with van der Waals surface area (Å²) in [6.07, 6.45) is 2.59. The van der Waals surface area contributed by atoms with Crippen LogP contribution in [0.15, 0.2) is 18.2 Å². The molecule has 3 nitrogen and oxygen atoms in total. The summed E-state index contributed by atoms with van der Waals surface area (Å²) in [5, 5.41) is 12.0. The third-order valence-electron chi connectivity index (χ3n) is 2.82. The molecule has 100 valence electrons. The fourth-order valence-electron chi connectivity index (χ4n) is 1.80. The molecule has 0 spiro atoms. The van der Waals surface area contributed by atoms with E-state index in [2.05, 4.69) is 5.32 Å². The Hall–Kier alpha value is -1.00. The molecule has 1 rings (SSSR count). The molecule has 1 atom stereocenters. The molecular formula is C14H21NO2S. The van der Waals surface area contributed by atoms with Crippen LogP contribution >= 0.6 is 11.8 Å². The highest BCUT2D eigenvalue weighted by molar-refractivity contribution is 7.98. The smallest absolute Gasteiger partial charge is 0.251 e. The van der Waals surface area contributed by atoms with Crippen molar-refractivity contribution in [2.24, 2.45) is 0 Å². The van der Waals surface area contributed by atoms with Gasteiger partial charge in [0.2, 0.25) is 0 Å². The first-order chi connectivity index (χ1) is 8.58. The van der Waals surface area contributed by atoms with Gasteiger partial charge in [0.05, 0.1) is 0 Å². The Balaban J connectivity index is 2.76. The molecule has 0 bridgehead atoms. The lowest BCUT2D eigenvalue weighted by Crippen LogP contribution is -2.37. The van der Waals surface area contributed by atoms with E-state index in [9.17, 15) is 4.79 Å². The molecule has 0 heterocycles. The molecule has 2 N–H and O–H groups in total. The summed E-state index contributed by atoms with van der Waals surface area (Å²) in [6.45, 7) is 4.01. The van der Waals surface area contributed by atoms with Crippen molar-refractivity contribution in [2.45, 2.75) is 26.3 Å². The van der Waals surface area contributed by atoms with E-state index in [-0.39, 0.29) is 18.6 Å². The van der Waals surface area contributed by atoms with Crippen LogP contribution in [-0.4, -0.2) is 35.7 Å². The minimum atomic E-state index is -0.0521. The number of hydrogen-bond acceptors (Lipinski definition) is 3. The number of carbonyl (C=O) groups excluding carboxylic acids is 1. The second-order valence-corrected chi connectivity index (χ2v) is 5.37. The maximum atomic E-state index is 12.2. The van der Waals surface area contributed by atoms with Crippen LogP contribution in [0.4, 0.5) is 0 Å². The summed E-state index contributed by atoms with van der Waals surface area (Å²) >= 11 is 1.67. The zero-order chi connectivity index (χ0) is 13.5. The molecule has 1 aromatic carbocycles. The van der Waals surface area contributed by atoms with Crippen LogP contribution in [0.2, 0.25) is 0 Å². The largest absolute Gasteiger partial charge is 0.396 e. The quantitative estimate of drug-likeness (QED) is 0.830. The molecule has 4 heteroatoms. The molecule has 0 saturated heterocycles. The van der Waals surface area contributed by atoms with Crippen molar-refractivity contribution < 1.29 is 9.90 Å². The van der Waals surface area contributed by atoms with E-state index >= 15 is 0 Å². The monoisotopic (exact) mass is 267 g/mol. The maximum absolute atomic E-state index is 12.2. The van der Waals surface area contributed by atoms with Crippen molar-refractivity contribution in [2.75, 3.05) is 18.6 Å². The molecule has 0 aliphatic heterocycles. The molecular weight excluding hydrogens is 246 g/mol. The Morgan fingerprint density at radius 2 is 2.17 bits per heavy atom. The summed E-state index contributed by atoms with van der Waals surface area (Å²) in [6, 6.07) is 5.89. The van der Waals surface area contributed by atoms with Gasteiger partial charge in [-0.3, -0.25) is 4.79 Å². The van der Waals surface area contributed by atoms with Gasteiger partial charge in [0.1, 0.15) is 0 Å². The average molecular weight is 267 g/mol. The van der Waals surface area contributed by atoms with E-state index in [4.69, 9.17) is 5.11 Å². The molecule has 0 saturated carbocycles. The van der Waals surface area contributed by atoms with Crippen LogP contribution in [0.1, 0.15) is 27.9 Å². The number of nitrogens with one attached hydrogen (secondary N) is 1. The molecule has 1 unspecified atom stereocenters. The van der Waals surface area contributed by atoms with Crippen LogP contribution in [0.25, 0.3) is 0 Å². The van der Waals surface area contributed by atoms with E-state index in [1.165, 1.54) is 0 Å². The molecule has 1 aromatic rings. The highest BCUT2D eigenvalue weighted by Gasteiger charge is 2.14. The number of carbonyl (C=O) groups is 1. The Bertz CT molecular complexity index is 401. The van der Waals surface area contributed by atoms with Gasteiger partial charge in [0, 0.05) is 24.0 Å². The van der Waals surface area contributed by atoms with Gasteiger partial charge in [-0.25, -0.2) is 0 Å². The average Bonchev–Trinajstić information content (AvgIpc) is 2.33. The number of thioether (sulfide) groups is 1. The van der Waals surface area contributed by atoms with Gasteiger partial charge in [-0.05, 0) is 38.2 Å². The lowest BCUT2D eigenvalue weighted by atomic mass is 10.0. The zero-order valence-electron chi connectivity index (χ0n) is 11.2. The molecule has 0 fully saturated rings. The van der Waals surface area contributed by atoms with Gasteiger partial charge in [-0.15, -0.1) is 0 Å². The number of aliphatic hydroxyl groups excluding tert-OH is 1. The van der Waals surface area contributed by atoms with Gasteiger partial charge in [0.15, 0.2) is 0 Å². The third-order valence-corrected chi connectivity index (χ3v) is 3.55. The first kappa shape index (κ1) is 15.1. The number of hydrogen-bond donors (Lipinski definition) is 2. The van der Waals surface area contributed by atoms with Crippen molar-refractivity contribution in [3.8, 4) is 0 Å². The van der Waals surface area contributed by atoms with Crippen LogP contribution in [0, 0.1) is 13.8 Å². The molecule has 1 amide bonds. The molecule has 0 aliphatic rings. The summed E-state index contributed by atoms with van der Waals surface area (Å²) in [4.78, 5) is 12.2. The number of aliphatic hydroxyl groups is 1. The first-order valence-corrected chi connectivity index (χ1v) is 7.45. The van der Waals surface area contributed by atoms with Gasteiger partial charge in [-0.1, -0.05) is 17.7 Å². The Morgan fingerprint density at radius 1 is 1.44 bits per heavy atom. The van der Waals surface area contributed by atoms with E-state index < -0.39 is 0 Å². The van der Waals surface area contributed by atoms with Crippen molar-refractivity contribution >= 4 is 17.7 Å². The minimum absolute atomic E-state index is 0.0254. The second kappa shape index (κ2) is 7.44. The number of rotatable bonds is 6. The summed E-state index contributed by atoms with van der Waals surface area (Å²) < 4.78 is 0. The van der Waals surface area contributed by atoms with E-state index in [1.54, 1.807) is 11.8 Å². The number of amides is 1. The van der Waals surface area contributed by atoms with Gasteiger partial charge >= 0.3 is 0 Å². The lowest BCUT2D eigenvalue weighted by Gasteiger charge is -2.17. The molecule has 18 heavy (non-hydrogen) atoms. The van der Waals surface area contributed by atoms with Crippen LogP contribution in [0.3, 0.4) is 0 Å². The highest BCUT2D eigenvalue weighted by atomic mass is 32.2. The van der Waals surface area contributed by atoms with Crippen LogP contribution in [0.5, 0.6) is 0 Å². The van der Waals surface area contributed by atoms with Crippen LogP contribution in [-0.2, 0) is 0 Å². The second-order valence-electron chi connectivity index (χ2n) is 4.46. The normalized spacial score (nSPS) is 12.2. The van der Waals surface area contributed by atoms with Crippen LogP contribution < -0.4 is 5.32 Å². The van der Waals surface area contributed by atoms with E-state index in [0.717, 1.165) is 22.4 Å². The van der Waals surface area contributed by atoms with E-state index in [1.807, 2.05) is 38.3 Å². The van der Waals surface area contributed by atoms with Crippen molar-refractivity contribution in [3.63, 3.8) is 0 Å². The summed E-state index contributed by atoms with van der Waals surface area (Å²) in [5.74, 6) is 0.765. The molecule has 0 aliphatic carbocycles. The Morgan fingerprint density at radius 3 is 2.78 bits per heavy atom. The third kappa shape index (κ3) is 4.35. The fourth-order valence-corrected chi connectivity index (χ4v) is 2.45. The van der Waals surface area contributed by atoms with Crippen molar-refractivity contribution in [1.82, 2.24) is 5.32 Å². The predicted molar refractivity (Wildman–Crippen MR) is 77.3 cm³/mol. The molecule has 0 aromatic heterocycles. The standard InChI is InChI=1S/C14H21NO2S/c1-10-4-5-11(2)13(8-10)14(17)15-12(6-7-16)9-18-3/h4-5,8,12,16H,6-7,9H2,1-3H3,(H,15,17). The van der Waals surface area contributed by atoms with Gasteiger partial charge in [0.25, 0.3) is 5.91 Å². The fraction of sp³-hybridized carbons (Fsp3) is 0.500. The number of aryl methyl sites for hydroxylation is 2. The number of benzene rings is 1. The first-order valence-electron chi connectivity index (χ1n) is 6.06. The maximum Gasteiger partial charge on any atom is 0.251 e. The van der Waals surface area contributed by atoms with Crippen molar-refractivity contribution in [1.29, 1.82) is 0 Å². The zero-order valence-corrected chi connectivity index (χ0v) is 12.0. The van der Waals surface area contributed by atoms with E-state index in [0.29, 0.717) is 6.42 Å². The lowest BCUT2D eigenvalue weighted by molar-refractivity contribution is 0.0934. The summed E-state index contributed by atoms with van der Waals surface area (Å²) in [5.41, 5.74) is 2.78. The molecule has 0 radical (unpaired) electrons. The summed E-state index contributed by atoms with van der Waals surface area (Å²) in [7, 11) is 0. The Kier molecular flexibility index (Phi) is 6.22. The Labute approximate surface area is 113 Å². The topological polar surface area (TPSA) is 49.3 Å². The highest BCUT2D eigenvalue weighted by Crippen LogP contribution is 2.11. The SMILES string of the molecule is CSCC(CCO)NC(=O)c1cc(C)ccc1C. The van der Waals surface area contributed by atoms with Crippen molar-refractivity contribution in [3.05, 3.63) is 34.9 Å². The predicted octanol–water partition coefficient (Wildman–Crippen LogP) is 2.15. The minimum Gasteiger partial charge on any atom is -0.396 e. The van der Waals surface area contributed by atoms with Gasteiger partial charge in [-0.2, -0.15) is 11.8 Å². The van der Waals surface area contributed by atoms with Gasteiger partial charge < -0.3 is 10.4 Å².